The van der Waals surface area contributed by atoms with Gasteiger partial charge in [-0.15, -0.1) is 0 Å². The maximum Gasteiger partial charge on any atom is 0.246 e. The number of anilines is 2. The highest BCUT2D eigenvalue weighted by Gasteiger charge is 2.23. The fourth-order valence-electron chi connectivity index (χ4n) is 3.67. The number of likely N-dealkylation sites (tertiary alicyclic amines) is 1. The Balaban J connectivity index is 1.35. The number of pyridine rings is 1. The van der Waals surface area contributed by atoms with Crippen LogP contribution in [-0.4, -0.2) is 48.6 Å². The van der Waals surface area contributed by atoms with Crippen molar-refractivity contribution in [3.63, 3.8) is 0 Å². The standard InChI is InChI=1S/C22H25N7O/c1-28-14-18(13-26-28)7-8-22(30)29-10-4-5-17(15-29)11-19-12-21(25-16-24-19)27-20-6-2-3-9-23-20/h2-3,6-9,12-14,16-17H,4-5,10-11,15H2,1H3,(H,23,24,25,27)/b8-7+. The molecule has 1 amide bonds. The van der Waals surface area contributed by atoms with Crippen molar-refractivity contribution in [1.82, 2.24) is 29.6 Å². The van der Waals surface area contributed by atoms with Crippen LogP contribution in [0.4, 0.5) is 11.6 Å². The van der Waals surface area contributed by atoms with Crippen LogP contribution in [0, 0.1) is 5.92 Å². The van der Waals surface area contributed by atoms with Gasteiger partial charge in [-0.05, 0) is 43.4 Å². The van der Waals surface area contributed by atoms with Gasteiger partial charge in [0, 0.05) is 55.9 Å². The minimum atomic E-state index is 0.0451. The van der Waals surface area contributed by atoms with Crippen LogP contribution in [0.25, 0.3) is 6.08 Å². The molecule has 4 heterocycles. The molecule has 8 heteroatoms. The first kappa shape index (κ1) is 19.8. The van der Waals surface area contributed by atoms with Crippen LogP contribution >= 0.6 is 0 Å². The number of rotatable bonds is 6. The molecule has 3 aromatic rings. The Labute approximate surface area is 175 Å². The van der Waals surface area contributed by atoms with E-state index in [2.05, 4.69) is 25.4 Å². The van der Waals surface area contributed by atoms with E-state index in [1.54, 1.807) is 29.5 Å². The van der Waals surface area contributed by atoms with Crippen molar-refractivity contribution in [2.45, 2.75) is 19.3 Å². The summed E-state index contributed by atoms with van der Waals surface area (Å²) in [4.78, 5) is 27.5. The second-order valence-corrected chi connectivity index (χ2v) is 7.51. The summed E-state index contributed by atoms with van der Waals surface area (Å²) in [5.74, 6) is 1.90. The molecule has 1 aliphatic rings. The van der Waals surface area contributed by atoms with Gasteiger partial charge in [-0.2, -0.15) is 5.10 Å². The van der Waals surface area contributed by atoms with E-state index in [-0.39, 0.29) is 5.91 Å². The van der Waals surface area contributed by atoms with Crippen LogP contribution in [-0.2, 0) is 18.3 Å². The van der Waals surface area contributed by atoms with E-state index in [0.29, 0.717) is 5.92 Å². The Morgan fingerprint density at radius 3 is 3.00 bits per heavy atom. The predicted molar refractivity (Wildman–Crippen MR) is 115 cm³/mol. The number of piperidine rings is 1. The van der Waals surface area contributed by atoms with Gasteiger partial charge in [-0.25, -0.2) is 15.0 Å². The van der Waals surface area contributed by atoms with Crippen LogP contribution in [0.15, 0.2) is 55.3 Å². The van der Waals surface area contributed by atoms with Gasteiger partial charge in [0.15, 0.2) is 0 Å². The minimum Gasteiger partial charge on any atom is -0.339 e. The normalized spacial score (nSPS) is 16.7. The second kappa shape index (κ2) is 9.30. The molecule has 8 nitrogen and oxygen atoms in total. The molecule has 4 rings (SSSR count). The fraction of sp³-hybridized carbons (Fsp3) is 0.318. The quantitative estimate of drug-likeness (QED) is 0.637. The smallest absolute Gasteiger partial charge is 0.246 e. The molecule has 154 valence electrons. The number of hydrogen-bond donors (Lipinski definition) is 1. The summed E-state index contributed by atoms with van der Waals surface area (Å²) < 4.78 is 1.72. The van der Waals surface area contributed by atoms with Gasteiger partial charge in [0.1, 0.15) is 18.0 Å². The average molecular weight is 403 g/mol. The van der Waals surface area contributed by atoms with Crippen LogP contribution in [0.1, 0.15) is 24.1 Å². The van der Waals surface area contributed by atoms with Crippen molar-refractivity contribution in [2.24, 2.45) is 13.0 Å². The summed E-state index contributed by atoms with van der Waals surface area (Å²) in [6.07, 6.45) is 13.3. The predicted octanol–water partition coefficient (Wildman–Crippen LogP) is 2.84. The molecule has 0 saturated carbocycles. The lowest BCUT2D eigenvalue weighted by Crippen LogP contribution is -2.39. The second-order valence-electron chi connectivity index (χ2n) is 7.51. The molecule has 0 radical (unpaired) electrons. The summed E-state index contributed by atoms with van der Waals surface area (Å²) in [7, 11) is 1.86. The lowest BCUT2D eigenvalue weighted by molar-refractivity contribution is -0.127. The highest BCUT2D eigenvalue weighted by Crippen LogP contribution is 2.22. The Hall–Kier alpha value is -3.55. The first-order valence-corrected chi connectivity index (χ1v) is 10.1. The van der Waals surface area contributed by atoms with Crippen LogP contribution in [0.5, 0.6) is 0 Å². The van der Waals surface area contributed by atoms with Crippen molar-refractivity contribution < 1.29 is 4.79 Å². The third kappa shape index (κ3) is 5.28. The summed E-state index contributed by atoms with van der Waals surface area (Å²) in [5.41, 5.74) is 1.89. The summed E-state index contributed by atoms with van der Waals surface area (Å²) in [5, 5.41) is 7.32. The summed E-state index contributed by atoms with van der Waals surface area (Å²) >= 11 is 0. The summed E-state index contributed by atoms with van der Waals surface area (Å²) in [6.45, 7) is 1.53. The van der Waals surface area contributed by atoms with E-state index in [1.165, 1.54) is 0 Å². The van der Waals surface area contributed by atoms with Crippen LogP contribution in [0.3, 0.4) is 0 Å². The van der Waals surface area contributed by atoms with Crippen molar-refractivity contribution in [1.29, 1.82) is 0 Å². The van der Waals surface area contributed by atoms with E-state index >= 15 is 0 Å². The third-order valence-electron chi connectivity index (χ3n) is 5.12. The lowest BCUT2D eigenvalue weighted by atomic mass is 9.93. The highest BCUT2D eigenvalue weighted by molar-refractivity contribution is 5.91. The molecule has 0 aliphatic carbocycles. The Morgan fingerprint density at radius 1 is 1.27 bits per heavy atom. The molecule has 30 heavy (non-hydrogen) atoms. The lowest BCUT2D eigenvalue weighted by Gasteiger charge is -2.32. The molecule has 1 aliphatic heterocycles. The zero-order valence-electron chi connectivity index (χ0n) is 17.0. The largest absolute Gasteiger partial charge is 0.339 e. The van der Waals surface area contributed by atoms with Crippen LogP contribution in [0.2, 0.25) is 0 Å². The van der Waals surface area contributed by atoms with E-state index in [9.17, 15) is 4.79 Å². The zero-order valence-corrected chi connectivity index (χ0v) is 17.0. The minimum absolute atomic E-state index is 0.0451. The molecule has 0 bridgehead atoms. The maximum atomic E-state index is 12.6. The van der Waals surface area contributed by atoms with Crippen molar-refractivity contribution in [2.75, 3.05) is 18.4 Å². The molecule has 1 N–H and O–H groups in total. The van der Waals surface area contributed by atoms with E-state index < -0.39 is 0 Å². The molecule has 1 saturated heterocycles. The van der Waals surface area contributed by atoms with E-state index in [0.717, 1.165) is 55.2 Å². The average Bonchev–Trinajstić information content (AvgIpc) is 3.18. The molecule has 0 aromatic carbocycles. The maximum absolute atomic E-state index is 12.6. The first-order chi connectivity index (χ1) is 14.7. The number of nitrogens with zero attached hydrogens (tertiary/aromatic N) is 6. The van der Waals surface area contributed by atoms with Gasteiger partial charge in [-0.1, -0.05) is 6.07 Å². The Kier molecular flexibility index (Phi) is 6.12. The van der Waals surface area contributed by atoms with Gasteiger partial charge in [0.25, 0.3) is 0 Å². The van der Waals surface area contributed by atoms with Crippen molar-refractivity contribution in [3.8, 4) is 0 Å². The number of carbonyl (C=O) groups is 1. The molecule has 1 atom stereocenters. The molecule has 3 aromatic heterocycles. The Morgan fingerprint density at radius 2 is 2.20 bits per heavy atom. The Bertz CT molecular complexity index is 1020. The topological polar surface area (TPSA) is 88.8 Å². The highest BCUT2D eigenvalue weighted by atomic mass is 16.2. The summed E-state index contributed by atoms with van der Waals surface area (Å²) in [6, 6.07) is 7.65. The number of nitrogens with one attached hydrogen (secondary N) is 1. The number of hydrogen-bond acceptors (Lipinski definition) is 6. The van der Waals surface area contributed by atoms with Gasteiger partial charge >= 0.3 is 0 Å². The van der Waals surface area contributed by atoms with Crippen molar-refractivity contribution >= 4 is 23.6 Å². The fourth-order valence-corrected chi connectivity index (χ4v) is 3.67. The third-order valence-corrected chi connectivity index (χ3v) is 5.12. The molecular weight excluding hydrogens is 378 g/mol. The van der Waals surface area contributed by atoms with Gasteiger partial charge < -0.3 is 10.2 Å². The first-order valence-electron chi connectivity index (χ1n) is 10.1. The van der Waals surface area contributed by atoms with Gasteiger partial charge in [-0.3, -0.25) is 9.48 Å². The molecular formula is C22H25N7O. The number of aromatic nitrogens is 5. The molecule has 1 fully saturated rings. The molecule has 1 unspecified atom stereocenters. The van der Waals surface area contributed by atoms with Gasteiger partial charge in [0.05, 0.1) is 6.20 Å². The number of carbonyl (C=O) groups excluding carboxylic acids is 1. The van der Waals surface area contributed by atoms with Crippen molar-refractivity contribution in [3.05, 3.63) is 66.5 Å². The number of amides is 1. The SMILES string of the molecule is Cn1cc(/C=C/C(=O)N2CCCC(Cc3cc(Nc4ccccn4)ncn3)C2)cn1. The zero-order chi connectivity index (χ0) is 20.8. The van der Waals surface area contributed by atoms with E-state index in [4.69, 9.17) is 0 Å². The van der Waals surface area contributed by atoms with Gasteiger partial charge in [0.2, 0.25) is 5.91 Å². The molecule has 0 spiro atoms. The van der Waals surface area contributed by atoms with Crippen LogP contribution < -0.4 is 5.32 Å². The number of aryl methyl sites for hydroxylation is 1. The van der Waals surface area contributed by atoms with E-state index in [1.807, 2.05) is 48.5 Å². The monoisotopic (exact) mass is 403 g/mol.